The zero-order valence-corrected chi connectivity index (χ0v) is 16.0. The lowest BCUT2D eigenvalue weighted by molar-refractivity contribution is -0.120. The zero-order chi connectivity index (χ0) is 18.4. The van der Waals surface area contributed by atoms with Crippen molar-refractivity contribution in [3.63, 3.8) is 0 Å². The van der Waals surface area contributed by atoms with E-state index in [1.165, 1.54) is 11.8 Å². The van der Waals surface area contributed by atoms with Crippen molar-refractivity contribution >= 4 is 29.0 Å². The van der Waals surface area contributed by atoms with E-state index in [0.717, 1.165) is 16.3 Å². The summed E-state index contributed by atoms with van der Waals surface area (Å²) in [5.74, 6) is 0.711. The predicted molar refractivity (Wildman–Crippen MR) is 105 cm³/mol. The Hall–Kier alpha value is -2.45. The second-order valence-corrected chi connectivity index (χ2v) is 7.84. The Morgan fingerprint density at radius 2 is 2.19 bits per heavy atom. The predicted octanol–water partition coefficient (Wildman–Crippen LogP) is 3.38. The second kappa shape index (κ2) is 8.77. The first-order valence-corrected chi connectivity index (χ1v) is 9.86. The molecule has 1 amide bonds. The lowest BCUT2D eigenvalue weighted by Crippen LogP contribution is -2.30. The summed E-state index contributed by atoms with van der Waals surface area (Å²) in [4.78, 5) is 17.5. The number of thioether (sulfide) groups is 1. The van der Waals surface area contributed by atoms with Gasteiger partial charge in [-0.2, -0.15) is 0 Å². The van der Waals surface area contributed by atoms with Crippen LogP contribution in [-0.2, 0) is 17.9 Å². The Bertz CT molecular complexity index is 861. The molecule has 3 aromatic rings. The largest absolute Gasteiger partial charge is 0.350 e. The van der Waals surface area contributed by atoms with Gasteiger partial charge in [0, 0.05) is 29.4 Å². The third-order valence-electron chi connectivity index (χ3n) is 3.64. The highest BCUT2D eigenvalue weighted by Crippen LogP contribution is 2.26. The molecule has 0 aliphatic carbocycles. The number of amides is 1. The van der Waals surface area contributed by atoms with Crippen molar-refractivity contribution in [3.8, 4) is 11.4 Å². The molecule has 0 radical (unpaired) electrons. The average Bonchev–Trinajstić information content (AvgIpc) is 3.31. The van der Waals surface area contributed by atoms with Crippen molar-refractivity contribution in [1.82, 2.24) is 25.1 Å². The molecule has 0 spiro atoms. The van der Waals surface area contributed by atoms with Crippen molar-refractivity contribution in [2.75, 3.05) is 0 Å². The molecule has 0 saturated heterocycles. The molecule has 1 atom stereocenters. The van der Waals surface area contributed by atoms with Gasteiger partial charge in [0.25, 0.3) is 0 Å². The molecule has 3 heterocycles. The van der Waals surface area contributed by atoms with E-state index in [0.29, 0.717) is 18.2 Å². The molecule has 0 aliphatic heterocycles. The van der Waals surface area contributed by atoms with Crippen LogP contribution in [0.5, 0.6) is 0 Å². The van der Waals surface area contributed by atoms with Crippen LogP contribution < -0.4 is 5.32 Å². The fourth-order valence-corrected chi connectivity index (χ4v) is 3.85. The van der Waals surface area contributed by atoms with E-state index in [4.69, 9.17) is 0 Å². The molecule has 0 fully saturated rings. The number of pyridine rings is 1. The van der Waals surface area contributed by atoms with Gasteiger partial charge in [0.15, 0.2) is 11.0 Å². The first-order valence-electron chi connectivity index (χ1n) is 8.10. The van der Waals surface area contributed by atoms with Crippen LogP contribution >= 0.6 is 23.1 Å². The molecule has 26 heavy (non-hydrogen) atoms. The zero-order valence-electron chi connectivity index (χ0n) is 14.3. The fourth-order valence-electron chi connectivity index (χ4n) is 2.33. The van der Waals surface area contributed by atoms with E-state index in [9.17, 15) is 4.79 Å². The summed E-state index contributed by atoms with van der Waals surface area (Å²) < 4.78 is 1.95. The van der Waals surface area contributed by atoms with Crippen LogP contribution in [0.25, 0.3) is 11.4 Å². The minimum atomic E-state index is -0.284. The number of hydrogen-bond donors (Lipinski definition) is 1. The number of rotatable bonds is 8. The number of allylic oxidation sites excluding steroid dienone is 1. The van der Waals surface area contributed by atoms with Gasteiger partial charge in [-0.15, -0.1) is 28.1 Å². The van der Waals surface area contributed by atoms with E-state index in [2.05, 4.69) is 27.1 Å². The minimum Gasteiger partial charge on any atom is -0.350 e. The number of carbonyl (C=O) groups excluding carboxylic acids is 1. The van der Waals surface area contributed by atoms with E-state index < -0.39 is 0 Å². The lowest BCUT2D eigenvalue weighted by atomic mass is 10.2. The summed E-state index contributed by atoms with van der Waals surface area (Å²) >= 11 is 3.01. The van der Waals surface area contributed by atoms with E-state index >= 15 is 0 Å². The summed E-state index contributed by atoms with van der Waals surface area (Å²) in [6, 6.07) is 7.75. The molecular weight excluding hydrogens is 366 g/mol. The van der Waals surface area contributed by atoms with Gasteiger partial charge in [0.2, 0.25) is 5.91 Å². The van der Waals surface area contributed by atoms with Gasteiger partial charge in [-0.05, 0) is 30.5 Å². The maximum atomic E-state index is 12.4. The first kappa shape index (κ1) is 18.3. The van der Waals surface area contributed by atoms with Crippen molar-refractivity contribution in [2.45, 2.75) is 30.4 Å². The van der Waals surface area contributed by atoms with Crippen LogP contribution in [0.4, 0.5) is 0 Å². The van der Waals surface area contributed by atoms with Crippen LogP contribution in [0.15, 0.2) is 59.9 Å². The molecule has 1 N–H and O–H groups in total. The Balaban J connectivity index is 1.71. The van der Waals surface area contributed by atoms with Crippen LogP contribution in [0.3, 0.4) is 0 Å². The van der Waals surface area contributed by atoms with Gasteiger partial charge >= 0.3 is 0 Å². The molecule has 0 aliphatic rings. The summed E-state index contributed by atoms with van der Waals surface area (Å²) in [5.41, 5.74) is 0.927. The van der Waals surface area contributed by atoms with Gasteiger partial charge < -0.3 is 5.32 Å². The maximum absolute atomic E-state index is 12.4. The van der Waals surface area contributed by atoms with Gasteiger partial charge in [0.1, 0.15) is 0 Å². The Labute approximate surface area is 160 Å². The molecule has 0 aromatic carbocycles. The highest BCUT2D eigenvalue weighted by Gasteiger charge is 2.20. The van der Waals surface area contributed by atoms with Crippen LogP contribution in [-0.4, -0.2) is 30.9 Å². The van der Waals surface area contributed by atoms with Crippen LogP contribution in [0.1, 0.15) is 11.8 Å². The summed E-state index contributed by atoms with van der Waals surface area (Å²) in [6.07, 6.45) is 5.23. The Kier molecular flexibility index (Phi) is 6.19. The van der Waals surface area contributed by atoms with Gasteiger partial charge in [-0.25, -0.2) is 0 Å². The van der Waals surface area contributed by atoms with Gasteiger partial charge in [-0.1, -0.05) is 23.9 Å². The quantitative estimate of drug-likeness (QED) is 0.475. The monoisotopic (exact) mass is 385 g/mol. The number of hydrogen-bond acceptors (Lipinski definition) is 6. The first-order chi connectivity index (χ1) is 12.7. The third kappa shape index (κ3) is 4.39. The number of nitrogens with zero attached hydrogens (tertiary/aromatic N) is 4. The molecule has 134 valence electrons. The Morgan fingerprint density at radius 1 is 1.38 bits per heavy atom. The third-order valence-corrected chi connectivity index (χ3v) is 5.59. The standard InChI is InChI=1S/C18H19N5OS2/c1-3-10-23-16(14-6-8-19-9-7-14)21-22-18(23)26-13(2)17(24)20-12-15-5-4-11-25-15/h3-9,11,13H,1,10,12H2,2H3,(H,20,24)/t13-/m1/s1. The van der Waals surface area contributed by atoms with E-state index in [1.54, 1.807) is 29.8 Å². The number of aromatic nitrogens is 4. The molecular formula is C18H19N5OS2. The number of nitrogens with one attached hydrogen (secondary N) is 1. The van der Waals surface area contributed by atoms with Crippen molar-refractivity contribution in [2.24, 2.45) is 0 Å². The molecule has 0 bridgehead atoms. The topological polar surface area (TPSA) is 72.7 Å². The smallest absolute Gasteiger partial charge is 0.233 e. The lowest BCUT2D eigenvalue weighted by Gasteiger charge is -2.12. The average molecular weight is 386 g/mol. The minimum absolute atomic E-state index is 0.0259. The van der Waals surface area contributed by atoms with E-state index in [1.807, 2.05) is 41.1 Å². The fraction of sp³-hybridized carbons (Fsp3) is 0.222. The summed E-state index contributed by atoms with van der Waals surface area (Å²) in [5, 5.41) is 13.9. The van der Waals surface area contributed by atoms with Crippen molar-refractivity contribution in [1.29, 1.82) is 0 Å². The molecule has 8 heteroatoms. The van der Waals surface area contributed by atoms with Crippen LogP contribution in [0, 0.1) is 0 Å². The van der Waals surface area contributed by atoms with E-state index in [-0.39, 0.29) is 11.2 Å². The highest BCUT2D eigenvalue weighted by atomic mass is 32.2. The van der Waals surface area contributed by atoms with Gasteiger partial charge in [-0.3, -0.25) is 14.3 Å². The maximum Gasteiger partial charge on any atom is 0.233 e. The molecule has 6 nitrogen and oxygen atoms in total. The highest BCUT2D eigenvalue weighted by molar-refractivity contribution is 8.00. The van der Waals surface area contributed by atoms with Gasteiger partial charge in [0.05, 0.1) is 11.8 Å². The number of thiophene rings is 1. The molecule has 0 unspecified atom stereocenters. The normalized spacial score (nSPS) is 11.9. The summed E-state index contributed by atoms with van der Waals surface area (Å²) in [7, 11) is 0. The second-order valence-electron chi connectivity index (χ2n) is 5.50. The summed E-state index contributed by atoms with van der Waals surface area (Å²) in [6.45, 7) is 6.79. The van der Waals surface area contributed by atoms with Crippen molar-refractivity contribution < 1.29 is 4.79 Å². The van der Waals surface area contributed by atoms with Crippen molar-refractivity contribution in [3.05, 3.63) is 59.6 Å². The number of carbonyl (C=O) groups is 1. The molecule has 3 aromatic heterocycles. The molecule has 0 saturated carbocycles. The molecule has 3 rings (SSSR count). The Morgan fingerprint density at radius 3 is 2.88 bits per heavy atom. The van der Waals surface area contributed by atoms with Crippen LogP contribution in [0.2, 0.25) is 0 Å². The SMILES string of the molecule is C=CCn1c(S[C@H](C)C(=O)NCc2cccs2)nnc1-c1ccncc1.